The summed E-state index contributed by atoms with van der Waals surface area (Å²) in [6.07, 6.45) is 3.40. The van der Waals surface area contributed by atoms with Crippen molar-refractivity contribution >= 4 is 0 Å². The van der Waals surface area contributed by atoms with Crippen LogP contribution in [0.2, 0.25) is 0 Å². The molecule has 0 saturated heterocycles. The van der Waals surface area contributed by atoms with E-state index in [2.05, 4.69) is 47.8 Å². The van der Waals surface area contributed by atoms with Crippen LogP contribution in [0, 0.1) is 17.8 Å². The van der Waals surface area contributed by atoms with Crippen molar-refractivity contribution in [2.75, 3.05) is 0 Å². The van der Waals surface area contributed by atoms with E-state index >= 15 is 0 Å². The summed E-state index contributed by atoms with van der Waals surface area (Å²) in [5.74, 6) is 2.61. The van der Waals surface area contributed by atoms with Gasteiger partial charge in [0.25, 0.3) is 0 Å². The third-order valence-corrected chi connectivity index (χ3v) is 3.12. The van der Waals surface area contributed by atoms with Gasteiger partial charge in [0.15, 0.2) is 0 Å². The summed E-state index contributed by atoms with van der Waals surface area (Å²) in [7, 11) is 0. The van der Waals surface area contributed by atoms with E-state index in [0.29, 0.717) is 0 Å². The van der Waals surface area contributed by atoms with Gasteiger partial charge in [0.1, 0.15) is 0 Å². The lowest BCUT2D eigenvalue weighted by Gasteiger charge is -2.16. The highest BCUT2D eigenvalue weighted by Crippen LogP contribution is 2.18. The number of allylic oxidation sites excluding steroid dienone is 4. The molecule has 0 aliphatic carbocycles. The first kappa shape index (κ1) is 19.6. The Morgan fingerprint density at radius 3 is 1.50 bits per heavy atom. The Labute approximate surface area is 116 Å². The molecule has 0 aromatic carbocycles. The van der Waals surface area contributed by atoms with Crippen LogP contribution in [-0.2, 0) is 0 Å². The lowest BCUT2D eigenvalue weighted by molar-refractivity contribution is 0.344. The summed E-state index contributed by atoms with van der Waals surface area (Å²) < 4.78 is 0. The molecule has 0 heteroatoms. The third-order valence-electron chi connectivity index (χ3n) is 3.12. The highest BCUT2D eigenvalue weighted by molar-refractivity contribution is 5.30. The highest BCUT2D eigenvalue weighted by atomic mass is 14.1. The van der Waals surface area contributed by atoms with Crippen LogP contribution in [0.1, 0.15) is 61.8 Å². The first-order valence-electron chi connectivity index (χ1n) is 7.07. The minimum absolute atomic E-state index is 0.854. The molecule has 0 bridgehead atoms. The summed E-state index contributed by atoms with van der Waals surface area (Å²) in [5, 5.41) is 0. The van der Waals surface area contributed by atoms with Crippen molar-refractivity contribution in [1.29, 1.82) is 0 Å². The molecule has 0 aromatic heterocycles. The van der Waals surface area contributed by atoms with Crippen molar-refractivity contribution in [3.8, 4) is 0 Å². The molecule has 0 heterocycles. The monoisotopic (exact) mass is 250 g/mol. The molecule has 0 radical (unpaired) electrons. The summed E-state index contributed by atoms with van der Waals surface area (Å²) in [5.41, 5.74) is 3.40. The zero-order valence-corrected chi connectivity index (χ0v) is 13.9. The van der Waals surface area contributed by atoms with Crippen LogP contribution in [0.3, 0.4) is 0 Å². The molecule has 106 valence electrons. The fraction of sp³-hybridized carbons (Fsp3) is 0.667. The molecule has 18 heavy (non-hydrogen) atoms. The van der Waals surface area contributed by atoms with Crippen LogP contribution in [0.5, 0.6) is 0 Å². The Morgan fingerprint density at radius 1 is 0.944 bits per heavy atom. The molecule has 0 fully saturated rings. The Bertz CT molecular complexity index is 276. The Hall–Kier alpha value is -0.780. The second kappa shape index (κ2) is 10.2. The van der Waals surface area contributed by atoms with E-state index in [1.807, 2.05) is 26.8 Å². The van der Waals surface area contributed by atoms with Crippen LogP contribution >= 0.6 is 0 Å². The van der Waals surface area contributed by atoms with Gasteiger partial charge in [-0.05, 0) is 50.5 Å². The first-order chi connectivity index (χ1) is 8.07. The minimum Gasteiger partial charge on any atom is -0.0961 e. The molecule has 0 spiro atoms. The first-order valence-corrected chi connectivity index (χ1v) is 7.07. The normalized spacial score (nSPS) is 13.1. The summed E-state index contributed by atoms with van der Waals surface area (Å²) in [6, 6.07) is 0. The predicted molar refractivity (Wildman–Crippen MR) is 86.8 cm³/mol. The molecular formula is C18H34. The van der Waals surface area contributed by atoms with Gasteiger partial charge in [-0.15, -0.1) is 0 Å². The van der Waals surface area contributed by atoms with Crippen molar-refractivity contribution in [1.82, 2.24) is 0 Å². The summed E-state index contributed by atoms with van der Waals surface area (Å²) in [6.45, 7) is 25.1. The van der Waals surface area contributed by atoms with E-state index in [4.69, 9.17) is 0 Å². The van der Waals surface area contributed by atoms with Crippen molar-refractivity contribution in [3.63, 3.8) is 0 Å². The Morgan fingerprint density at radius 2 is 1.39 bits per heavy atom. The molecule has 0 amide bonds. The molecular weight excluding hydrogens is 216 g/mol. The van der Waals surface area contributed by atoms with E-state index in [1.165, 1.54) is 12.0 Å². The molecule has 0 aromatic rings. The van der Waals surface area contributed by atoms with E-state index in [0.717, 1.165) is 28.9 Å². The van der Waals surface area contributed by atoms with Gasteiger partial charge in [0, 0.05) is 0 Å². The van der Waals surface area contributed by atoms with E-state index in [-0.39, 0.29) is 0 Å². The third kappa shape index (κ3) is 13.3. The van der Waals surface area contributed by atoms with Crippen LogP contribution < -0.4 is 0 Å². The fourth-order valence-corrected chi connectivity index (χ4v) is 1.51. The standard InChI is InChI=1S/C9H20.C9H14/c2*1-7(2)6-9(5)8(3)4/h7-9H,6H2,1-5H3;6H,1,3H2,2,4-5H3/b;9-6-. The van der Waals surface area contributed by atoms with Gasteiger partial charge < -0.3 is 0 Å². The van der Waals surface area contributed by atoms with Crippen LogP contribution in [0.15, 0.2) is 36.0 Å². The zero-order chi connectivity index (χ0) is 14.9. The maximum atomic E-state index is 3.80. The second-order valence-electron chi connectivity index (χ2n) is 6.30. The predicted octanol–water partition coefficient (Wildman–Crippen LogP) is 6.41. The van der Waals surface area contributed by atoms with Gasteiger partial charge in [-0.25, -0.2) is 0 Å². The molecule has 0 nitrogen and oxygen atoms in total. The fourth-order valence-electron chi connectivity index (χ4n) is 1.51. The average molecular weight is 250 g/mol. The van der Waals surface area contributed by atoms with Crippen LogP contribution in [0.25, 0.3) is 0 Å². The lowest BCUT2D eigenvalue weighted by Crippen LogP contribution is -2.06. The van der Waals surface area contributed by atoms with Gasteiger partial charge in [-0.1, -0.05) is 65.0 Å². The van der Waals surface area contributed by atoms with E-state index < -0.39 is 0 Å². The lowest BCUT2D eigenvalue weighted by atomic mass is 9.90. The van der Waals surface area contributed by atoms with E-state index in [1.54, 1.807) is 0 Å². The van der Waals surface area contributed by atoms with Crippen LogP contribution in [0.4, 0.5) is 0 Å². The van der Waals surface area contributed by atoms with Gasteiger partial charge in [0.2, 0.25) is 0 Å². The summed E-state index contributed by atoms with van der Waals surface area (Å²) >= 11 is 0. The van der Waals surface area contributed by atoms with Gasteiger partial charge in [0.05, 0.1) is 0 Å². The highest BCUT2D eigenvalue weighted by Gasteiger charge is 2.07. The van der Waals surface area contributed by atoms with Gasteiger partial charge >= 0.3 is 0 Å². The Kier molecular flexibility index (Phi) is 11.1. The maximum Gasteiger partial charge on any atom is -0.0395 e. The number of hydrogen-bond donors (Lipinski definition) is 0. The van der Waals surface area contributed by atoms with Gasteiger partial charge in [-0.3, -0.25) is 0 Å². The number of rotatable bonds is 5. The SMILES string of the molecule is C=C(C)/C=C(/C)C(=C)C.CC(C)CC(C)C(C)C. The van der Waals surface area contributed by atoms with E-state index in [9.17, 15) is 0 Å². The summed E-state index contributed by atoms with van der Waals surface area (Å²) in [4.78, 5) is 0. The maximum absolute atomic E-state index is 3.80. The molecule has 0 saturated carbocycles. The average Bonchev–Trinajstić information content (AvgIpc) is 2.16. The second-order valence-corrected chi connectivity index (χ2v) is 6.30. The minimum atomic E-state index is 0.854. The molecule has 0 N–H and O–H groups in total. The molecule has 0 rings (SSSR count). The van der Waals surface area contributed by atoms with Crippen molar-refractivity contribution < 1.29 is 0 Å². The molecule has 1 atom stereocenters. The van der Waals surface area contributed by atoms with Crippen molar-refractivity contribution in [3.05, 3.63) is 36.0 Å². The van der Waals surface area contributed by atoms with Crippen molar-refractivity contribution in [2.24, 2.45) is 17.8 Å². The molecule has 0 aliphatic heterocycles. The zero-order valence-electron chi connectivity index (χ0n) is 13.9. The largest absolute Gasteiger partial charge is 0.0961 e. The smallest absolute Gasteiger partial charge is 0.0395 e. The van der Waals surface area contributed by atoms with Gasteiger partial charge in [-0.2, -0.15) is 0 Å². The number of hydrogen-bond acceptors (Lipinski definition) is 0. The molecule has 0 aliphatic rings. The topological polar surface area (TPSA) is 0 Å². The Balaban J connectivity index is 0. The molecule has 1 unspecified atom stereocenters. The van der Waals surface area contributed by atoms with Crippen molar-refractivity contribution in [2.45, 2.75) is 61.8 Å². The van der Waals surface area contributed by atoms with Crippen LogP contribution in [-0.4, -0.2) is 0 Å². The quantitative estimate of drug-likeness (QED) is 0.495.